The molecule has 0 amide bonds. The van der Waals surface area contributed by atoms with Gasteiger partial charge in [0.15, 0.2) is 5.65 Å². The minimum Gasteiger partial charge on any atom is -0.360 e. The van der Waals surface area contributed by atoms with E-state index >= 15 is 0 Å². The predicted molar refractivity (Wildman–Crippen MR) is 79.8 cm³/mol. The van der Waals surface area contributed by atoms with Gasteiger partial charge in [0.25, 0.3) is 0 Å². The maximum Gasteiger partial charge on any atom is 0.156 e. The average Bonchev–Trinajstić information content (AvgIpc) is 3.01. The minimum absolute atomic E-state index is 0.891. The Bertz CT molecular complexity index is 930. The van der Waals surface area contributed by atoms with Crippen molar-refractivity contribution < 1.29 is 0 Å². The van der Waals surface area contributed by atoms with E-state index in [1.165, 1.54) is 5.39 Å². The van der Waals surface area contributed by atoms with Crippen molar-refractivity contribution >= 4 is 16.6 Å². The smallest absolute Gasteiger partial charge is 0.156 e. The van der Waals surface area contributed by atoms with Gasteiger partial charge in [0.1, 0.15) is 0 Å². The van der Waals surface area contributed by atoms with Gasteiger partial charge in [0.05, 0.1) is 5.69 Å². The fourth-order valence-electron chi connectivity index (χ4n) is 2.70. The van der Waals surface area contributed by atoms with E-state index in [1.807, 2.05) is 48.8 Å². The Hall–Kier alpha value is -2.62. The lowest BCUT2D eigenvalue weighted by Crippen LogP contribution is -1.96. The Labute approximate surface area is 116 Å². The van der Waals surface area contributed by atoms with Gasteiger partial charge in [0.2, 0.25) is 0 Å². The molecule has 3 aromatic heterocycles. The predicted octanol–water partition coefficient (Wildman–Crippen LogP) is 3.49. The second-order valence-corrected chi connectivity index (χ2v) is 5.09. The molecule has 0 atom stereocenters. The highest BCUT2D eigenvalue weighted by molar-refractivity contribution is 5.94. The molecule has 20 heavy (non-hydrogen) atoms. The molecule has 0 aliphatic rings. The lowest BCUT2D eigenvalue weighted by atomic mass is 10.1. The SMILES string of the molecule is Cc1cc(C)n2nc(-c3c[nH]c4ccccc34)cc2n1. The van der Waals surface area contributed by atoms with E-state index < -0.39 is 0 Å². The monoisotopic (exact) mass is 262 g/mol. The van der Waals surface area contributed by atoms with Crippen molar-refractivity contribution in [1.82, 2.24) is 19.6 Å². The number of hydrogen-bond acceptors (Lipinski definition) is 2. The molecule has 1 aromatic carbocycles. The molecule has 0 saturated heterocycles. The lowest BCUT2D eigenvalue weighted by Gasteiger charge is -1.99. The summed E-state index contributed by atoms with van der Waals surface area (Å²) in [7, 11) is 0. The largest absolute Gasteiger partial charge is 0.360 e. The molecular weight excluding hydrogens is 248 g/mol. The van der Waals surface area contributed by atoms with E-state index in [-0.39, 0.29) is 0 Å². The third-order valence-electron chi connectivity index (χ3n) is 3.60. The first-order chi connectivity index (χ1) is 9.72. The number of benzene rings is 1. The van der Waals surface area contributed by atoms with Crippen molar-refractivity contribution in [3.63, 3.8) is 0 Å². The molecule has 0 saturated carbocycles. The number of H-pyrrole nitrogens is 1. The summed E-state index contributed by atoms with van der Waals surface area (Å²) in [5.74, 6) is 0. The zero-order chi connectivity index (χ0) is 13.7. The van der Waals surface area contributed by atoms with Crippen molar-refractivity contribution in [2.45, 2.75) is 13.8 Å². The standard InChI is InChI=1S/C16H14N4/c1-10-7-11(2)20-16(18-10)8-15(19-20)13-9-17-14-6-4-3-5-12(13)14/h3-9,17H,1-2H3. The number of para-hydroxylation sites is 1. The van der Waals surface area contributed by atoms with Gasteiger partial charge >= 0.3 is 0 Å². The van der Waals surface area contributed by atoms with Gasteiger partial charge in [-0.2, -0.15) is 5.10 Å². The van der Waals surface area contributed by atoms with E-state index in [2.05, 4.69) is 27.2 Å². The number of aromatic amines is 1. The first-order valence-electron chi connectivity index (χ1n) is 6.63. The Morgan fingerprint density at radius 2 is 1.95 bits per heavy atom. The molecule has 0 spiro atoms. The van der Waals surface area contributed by atoms with Gasteiger partial charge in [-0.05, 0) is 26.0 Å². The van der Waals surface area contributed by atoms with Crippen LogP contribution >= 0.6 is 0 Å². The normalized spacial score (nSPS) is 11.5. The number of fused-ring (bicyclic) bond motifs is 2. The fourth-order valence-corrected chi connectivity index (χ4v) is 2.70. The lowest BCUT2D eigenvalue weighted by molar-refractivity contribution is 0.889. The number of rotatable bonds is 1. The van der Waals surface area contributed by atoms with Crippen LogP contribution in [0.3, 0.4) is 0 Å². The highest BCUT2D eigenvalue weighted by atomic mass is 15.3. The van der Waals surface area contributed by atoms with Crippen molar-refractivity contribution in [1.29, 1.82) is 0 Å². The van der Waals surface area contributed by atoms with Crippen LogP contribution in [0.15, 0.2) is 42.6 Å². The van der Waals surface area contributed by atoms with Gasteiger partial charge in [-0.15, -0.1) is 0 Å². The van der Waals surface area contributed by atoms with Gasteiger partial charge in [-0.25, -0.2) is 9.50 Å². The molecule has 0 aliphatic heterocycles. The van der Waals surface area contributed by atoms with Crippen molar-refractivity contribution in [3.8, 4) is 11.3 Å². The quantitative estimate of drug-likeness (QED) is 0.570. The number of hydrogen-bond donors (Lipinski definition) is 1. The molecule has 4 rings (SSSR count). The first-order valence-corrected chi connectivity index (χ1v) is 6.63. The zero-order valence-corrected chi connectivity index (χ0v) is 11.4. The number of aryl methyl sites for hydroxylation is 2. The summed E-state index contributed by atoms with van der Waals surface area (Å²) in [5, 5.41) is 5.87. The van der Waals surface area contributed by atoms with Gasteiger partial charge in [-0.3, -0.25) is 0 Å². The van der Waals surface area contributed by atoms with E-state index in [0.29, 0.717) is 0 Å². The van der Waals surface area contributed by atoms with Crippen LogP contribution in [-0.2, 0) is 0 Å². The van der Waals surface area contributed by atoms with Crippen LogP contribution in [0.1, 0.15) is 11.4 Å². The van der Waals surface area contributed by atoms with Crippen LogP contribution in [0, 0.1) is 13.8 Å². The molecular formula is C16H14N4. The summed E-state index contributed by atoms with van der Waals surface area (Å²) < 4.78 is 1.89. The van der Waals surface area contributed by atoms with E-state index in [0.717, 1.165) is 33.8 Å². The second kappa shape index (κ2) is 3.93. The Morgan fingerprint density at radius 1 is 1.10 bits per heavy atom. The van der Waals surface area contributed by atoms with Crippen LogP contribution in [0.25, 0.3) is 27.8 Å². The molecule has 0 bridgehead atoms. The minimum atomic E-state index is 0.891. The second-order valence-electron chi connectivity index (χ2n) is 5.09. The summed E-state index contributed by atoms with van der Waals surface area (Å²) in [6.45, 7) is 4.05. The van der Waals surface area contributed by atoms with E-state index in [4.69, 9.17) is 0 Å². The van der Waals surface area contributed by atoms with Crippen molar-refractivity contribution in [2.24, 2.45) is 0 Å². The van der Waals surface area contributed by atoms with Gasteiger partial charge in [-0.1, -0.05) is 18.2 Å². The van der Waals surface area contributed by atoms with E-state index in [9.17, 15) is 0 Å². The third kappa shape index (κ3) is 1.54. The molecule has 1 N–H and O–H groups in total. The number of nitrogens with one attached hydrogen (secondary N) is 1. The maximum atomic E-state index is 4.68. The number of aromatic nitrogens is 4. The third-order valence-corrected chi connectivity index (χ3v) is 3.60. The van der Waals surface area contributed by atoms with Crippen LogP contribution in [0.4, 0.5) is 0 Å². The Balaban J connectivity index is 2.01. The molecule has 0 unspecified atom stereocenters. The van der Waals surface area contributed by atoms with Crippen LogP contribution in [0.5, 0.6) is 0 Å². The summed E-state index contributed by atoms with van der Waals surface area (Å²) >= 11 is 0. The average molecular weight is 262 g/mol. The maximum absolute atomic E-state index is 4.68. The van der Waals surface area contributed by atoms with Crippen LogP contribution in [0.2, 0.25) is 0 Å². The van der Waals surface area contributed by atoms with Crippen molar-refractivity contribution in [2.75, 3.05) is 0 Å². The summed E-state index contributed by atoms with van der Waals surface area (Å²) in [5.41, 5.74) is 6.19. The molecule has 0 fully saturated rings. The van der Waals surface area contributed by atoms with E-state index in [1.54, 1.807) is 0 Å². The molecule has 4 aromatic rings. The molecule has 4 nitrogen and oxygen atoms in total. The fraction of sp³-hybridized carbons (Fsp3) is 0.125. The van der Waals surface area contributed by atoms with Crippen molar-refractivity contribution in [3.05, 3.63) is 54.0 Å². The molecule has 0 radical (unpaired) electrons. The first kappa shape index (κ1) is 11.2. The molecule has 3 heterocycles. The van der Waals surface area contributed by atoms with Crippen LogP contribution < -0.4 is 0 Å². The molecule has 4 heteroatoms. The Morgan fingerprint density at radius 3 is 2.85 bits per heavy atom. The number of nitrogens with zero attached hydrogens (tertiary/aromatic N) is 3. The zero-order valence-electron chi connectivity index (χ0n) is 11.4. The highest BCUT2D eigenvalue weighted by Crippen LogP contribution is 2.28. The summed E-state index contributed by atoms with van der Waals surface area (Å²) in [6, 6.07) is 12.3. The van der Waals surface area contributed by atoms with Crippen LogP contribution in [-0.4, -0.2) is 19.6 Å². The summed E-state index contributed by atoms with van der Waals surface area (Å²) in [4.78, 5) is 7.82. The highest BCUT2D eigenvalue weighted by Gasteiger charge is 2.11. The molecule has 0 aliphatic carbocycles. The Kier molecular flexibility index (Phi) is 2.21. The molecule has 98 valence electrons. The topological polar surface area (TPSA) is 46.0 Å². The van der Waals surface area contributed by atoms with Gasteiger partial charge in [0, 0.05) is 40.1 Å². The summed E-state index contributed by atoms with van der Waals surface area (Å²) in [6.07, 6.45) is 2.01. The van der Waals surface area contributed by atoms with Gasteiger partial charge < -0.3 is 4.98 Å².